The first-order valence-electron chi connectivity index (χ1n) is 3.89. The average molecular weight is 167 g/mol. The fourth-order valence-corrected chi connectivity index (χ4v) is 0.735. The summed E-state index contributed by atoms with van der Waals surface area (Å²) >= 11 is 0. The number of aromatic nitrogens is 2. The summed E-state index contributed by atoms with van der Waals surface area (Å²) in [5.74, 6) is 1.17. The maximum absolute atomic E-state index is 5.54. The van der Waals surface area contributed by atoms with Gasteiger partial charge in [0.25, 0.3) is 0 Å². The van der Waals surface area contributed by atoms with Crippen molar-refractivity contribution in [3.8, 4) is 0 Å². The number of rotatable bonds is 3. The molecule has 0 spiro atoms. The Morgan fingerprint density at radius 3 is 3.25 bits per heavy atom. The Labute approximate surface area is 71.1 Å². The fraction of sp³-hybridized carbons (Fsp3) is 0.429. The lowest BCUT2D eigenvalue weighted by Crippen LogP contribution is -2.22. The van der Waals surface area contributed by atoms with Crippen molar-refractivity contribution in [2.45, 2.75) is 13.3 Å². The molecule has 0 unspecified atom stereocenters. The van der Waals surface area contributed by atoms with Crippen LogP contribution in [0.15, 0.2) is 17.3 Å². The lowest BCUT2D eigenvalue weighted by molar-refractivity contribution is 0.929. The van der Waals surface area contributed by atoms with Gasteiger partial charge in [0, 0.05) is 12.6 Å². The molecule has 0 aliphatic heterocycles. The molecule has 0 fully saturated rings. The Hall–Kier alpha value is -1.52. The van der Waals surface area contributed by atoms with Gasteiger partial charge in [0.15, 0.2) is 5.96 Å². The second kappa shape index (κ2) is 4.38. The van der Waals surface area contributed by atoms with Gasteiger partial charge in [-0.05, 0) is 6.42 Å². The number of guanidine groups is 1. The highest BCUT2D eigenvalue weighted by atomic mass is 15.2. The zero-order valence-corrected chi connectivity index (χ0v) is 7.04. The summed E-state index contributed by atoms with van der Waals surface area (Å²) in [6, 6.07) is 1.79. The van der Waals surface area contributed by atoms with E-state index in [-0.39, 0.29) is 0 Å². The number of aromatic amines is 1. The predicted molar refractivity (Wildman–Crippen MR) is 49.0 cm³/mol. The number of H-pyrrole nitrogens is 1. The number of aliphatic imine (C=N–C) groups is 1. The minimum atomic E-state index is 0.418. The second-order valence-electron chi connectivity index (χ2n) is 2.36. The average Bonchev–Trinajstić information content (AvgIpc) is 2.53. The molecule has 5 heteroatoms. The highest BCUT2D eigenvalue weighted by Crippen LogP contribution is 1.96. The van der Waals surface area contributed by atoms with Gasteiger partial charge in [-0.1, -0.05) is 6.92 Å². The normalized spacial score (nSPS) is 11.6. The van der Waals surface area contributed by atoms with Crippen molar-refractivity contribution in [2.75, 3.05) is 11.9 Å². The zero-order chi connectivity index (χ0) is 8.81. The Bertz CT molecular complexity index is 238. The molecule has 0 saturated heterocycles. The molecule has 0 atom stereocenters. The number of nitrogens with one attached hydrogen (secondary N) is 2. The van der Waals surface area contributed by atoms with E-state index in [1.807, 2.05) is 6.92 Å². The van der Waals surface area contributed by atoms with Crippen molar-refractivity contribution in [3.63, 3.8) is 0 Å². The van der Waals surface area contributed by atoms with Gasteiger partial charge in [-0.25, -0.2) is 0 Å². The summed E-state index contributed by atoms with van der Waals surface area (Å²) in [5.41, 5.74) is 5.54. The van der Waals surface area contributed by atoms with Gasteiger partial charge in [0.2, 0.25) is 0 Å². The third kappa shape index (κ3) is 2.61. The quantitative estimate of drug-likeness (QED) is 0.454. The number of hydrogen-bond donors (Lipinski definition) is 3. The molecule has 0 radical (unpaired) electrons. The summed E-state index contributed by atoms with van der Waals surface area (Å²) in [5, 5.41) is 9.35. The van der Waals surface area contributed by atoms with Crippen molar-refractivity contribution in [1.82, 2.24) is 10.2 Å². The first-order chi connectivity index (χ1) is 5.83. The van der Waals surface area contributed by atoms with Gasteiger partial charge in [-0.15, -0.1) is 0 Å². The molecule has 1 rings (SSSR count). The van der Waals surface area contributed by atoms with Crippen LogP contribution in [0.3, 0.4) is 0 Å². The molecule has 1 heterocycles. The van der Waals surface area contributed by atoms with E-state index in [0.717, 1.165) is 18.8 Å². The molecule has 12 heavy (non-hydrogen) atoms. The third-order valence-corrected chi connectivity index (χ3v) is 1.27. The van der Waals surface area contributed by atoms with Crippen LogP contribution in [0.2, 0.25) is 0 Å². The molecule has 0 aromatic carbocycles. The van der Waals surface area contributed by atoms with Crippen LogP contribution in [-0.4, -0.2) is 22.7 Å². The first kappa shape index (κ1) is 8.58. The number of hydrogen-bond acceptors (Lipinski definition) is 2. The highest BCUT2D eigenvalue weighted by molar-refractivity contribution is 5.91. The molecular formula is C7H13N5. The molecule has 1 aromatic heterocycles. The minimum absolute atomic E-state index is 0.418. The van der Waals surface area contributed by atoms with Crippen molar-refractivity contribution in [3.05, 3.63) is 12.3 Å². The summed E-state index contributed by atoms with van der Waals surface area (Å²) in [4.78, 5) is 4.05. The van der Waals surface area contributed by atoms with E-state index in [0.29, 0.717) is 5.96 Å². The van der Waals surface area contributed by atoms with Crippen LogP contribution in [-0.2, 0) is 0 Å². The largest absolute Gasteiger partial charge is 0.370 e. The Kier molecular flexibility index (Phi) is 3.13. The van der Waals surface area contributed by atoms with Crippen molar-refractivity contribution < 1.29 is 0 Å². The minimum Gasteiger partial charge on any atom is -0.370 e. The van der Waals surface area contributed by atoms with Crippen LogP contribution >= 0.6 is 0 Å². The van der Waals surface area contributed by atoms with E-state index in [4.69, 9.17) is 5.73 Å². The van der Waals surface area contributed by atoms with Crippen molar-refractivity contribution in [1.29, 1.82) is 0 Å². The summed E-state index contributed by atoms with van der Waals surface area (Å²) in [6.07, 6.45) is 2.64. The summed E-state index contributed by atoms with van der Waals surface area (Å²) in [7, 11) is 0. The van der Waals surface area contributed by atoms with Gasteiger partial charge in [-0.2, -0.15) is 5.10 Å². The number of nitrogens with zero attached hydrogens (tertiary/aromatic N) is 2. The van der Waals surface area contributed by atoms with Gasteiger partial charge < -0.3 is 11.1 Å². The van der Waals surface area contributed by atoms with E-state index in [1.165, 1.54) is 0 Å². The highest BCUT2D eigenvalue weighted by Gasteiger charge is 1.93. The monoisotopic (exact) mass is 167 g/mol. The zero-order valence-electron chi connectivity index (χ0n) is 7.04. The standard InChI is InChI=1S/C7H13N5/c1-2-4-9-7(8)11-6-3-5-10-12-6/h3,5H,2,4H2,1H3,(H4,8,9,10,11,12). The van der Waals surface area contributed by atoms with Crippen molar-refractivity contribution in [2.24, 2.45) is 10.7 Å². The Morgan fingerprint density at radius 1 is 1.83 bits per heavy atom. The second-order valence-corrected chi connectivity index (χ2v) is 2.36. The van der Waals surface area contributed by atoms with Crippen LogP contribution < -0.4 is 11.1 Å². The molecule has 0 aliphatic rings. The number of anilines is 1. The number of nitrogens with two attached hydrogens (primary N) is 1. The van der Waals surface area contributed by atoms with Crippen LogP contribution in [0.4, 0.5) is 5.82 Å². The van der Waals surface area contributed by atoms with Gasteiger partial charge in [0.1, 0.15) is 5.82 Å². The summed E-state index contributed by atoms with van der Waals surface area (Å²) in [6.45, 7) is 2.79. The molecule has 0 amide bonds. The third-order valence-electron chi connectivity index (χ3n) is 1.27. The Morgan fingerprint density at radius 2 is 2.67 bits per heavy atom. The molecular weight excluding hydrogens is 154 g/mol. The van der Waals surface area contributed by atoms with E-state index in [9.17, 15) is 0 Å². The van der Waals surface area contributed by atoms with Crippen molar-refractivity contribution >= 4 is 11.8 Å². The molecule has 5 nitrogen and oxygen atoms in total. The van der Waals surface area contributed by atoms with Crippen LogP contribution in [0.5, 0.6) is 0 Å². The molecule has 4 N–H and O–H groups in total. The van der Waals surface area contributed by atoms with E-state index >= 15 is 0 Å². The smallest absolute Gasteiger partial charge is 0.194 e. The van der Waals surface area contributed by atoms with Crippen LogP contribution in [0, 0.1) is 0 Å². The maximum atomic E-state index is 5.54. The van der Waals surface area contributed by atoms with Gasteiger partial charge in [-0.3, -0.25) is 10.1 Å². The van der Waals surface area contributed by atoms with E-state index in [2.05, 4.69) is 20.5 Å². The molecule has 1 aromatic rings. The topological polar surface area (TPSA) is 79.1 Å². The van der Waals surface area contributed by atoms with Crippen LogP contribution in [0.1, 0.15) is 13.3 Å². The molecule has 0 aliphatic carbocycles. The SMILES string of the molecule is CCCN=C(N)Nc1ccn[nH]1. The van der Waals surface area contributed by atoms with Gasteiger partial charge >= 0.3 is 0 Å². The molecule has 0 saturated carbocycles. The Balaban J connectivity index is 2.41. The predicted octanol–water partition coefficient (Wildman–Crippen LogP) is 0.546. The molecule has 0 bridgehead atoms. The first-order valence-corrected chi connectivity index (χ1v) is 3.89. The lowest BCUT2D eigenvalue weighted by atomic mass is 10.5. The van der Waals surface area contributed by atoms with E-state index < -0.39 is 0 Å². The molecule has 66 valence electrons. The van der Waals surface area contributed by atoms with E-state index in [1.54, 1.807) is 12.3 Å². The summed E-state index contributed by atoms with van der Waals surface area (Å²) < 4.78 is 0. The van der Waals surface area contributed by atoms with Crippen LogP contribution in [0.25, 0.3) is 0 Å². The maximum Gasteiger partial charge on any atom is 0.194 e. The fourth-order valence-electron chi connectivity index (χ4n) is 0.735. The lowest BCUT2D eigenvalue weighted by Gasteiger charge is -2.00. The van der Waals surface area contributed by atoms with Gasteiger partial charge in [0.05, 0.1) is 6.20 Å².